The zero-order valence-corrected chi connectivity index (χ0v) is 13.8. The summed E-state index contributed by atoms with van der Waals surface area (Å²) in [5.41, 5.74) is 10.6. The first-order chi connectivity index (χ1) is 11.2. The quantitative estimate of drug-likeness (QED) is 0.813. The van der Waals surface area contributed by atoms with Crippen LogP contribution in [0.15, 0.2) is 30.3 Å². The molecule has 0 amide bonds. The Kier molecular flexibility index (Phi) is 3.93. The van der Waals surface area contributed by atoms with Crippen molar-refractivity contribution in [1.82, 2.24) is 25.7 Å². The molecule has 3 heterocycles. The highest BCUT2D eigenvalue weighted by Gasteiger charge is 2.32. The smallest absolute Gasteiger partial charge is 0.128 e. The second kappa shape index (κ2) is 6.07. The molecule has 3 N–H and O–H groups in total. The van der Waals surface area contributed by atoms with Crippen molar-refractivity contribution < 1.29 is 0 Å². The van der Waals surface area contributed by atoms with E-state index in [1.807, 2.05) is 0 Å². The summed E-state index contributed by atoms with van der Waals surface area (Å²) < 4.78 is 2.42. The predicted molar refractivity (Wildman–Crippen MR) is 91.6 cm³/mol. The van der Waals surface area contributed by atoms with Crippen LogP contribution in [-0.4, -0.2) is 22.1 Å². The van der Waals surface area contributed by atoms with Gasteiger partial charge in [0.15, 0.2) is 0 Å². The van der Waals surface area contributed by atoms with Crippen LogP contribution in [0.1, 0.15) is 37.8 Å². The summed E-state index contributed by atoms with van der Waals surface area (Å²) in [5, 5.41) is 3.49. The van der Waals surface area contributed by atoms with Crippen LogP contribution in [0.4, 0.5) is 0 Å². The van der Waals surface area contributed by atoms with Crippen LogP contribution in [0.2, 0.25) is 0 Å². The van der Waals surface area contributed by atoms with E-state index in [0.29, 0.717) is 12.0 Å². The molecule has 0 aliphatic carbocycles. The Balaban J connectivity index is 1.72. The van der Waals surface area contributed by atoms with Gasteiger partial charge in [-0.2, -0.15) is 0 Å². The number of hydrogen-bond donors (Lipinski definition) is 3. The molecule has 1 aromatic heterocycles. The Bertz CT molecular complexity index is 676. The molecule has 0 radical (unpaired) electrons. The summed E-state index contributed by atoms with van der Waals surface area (Å²) in [6.45, 7) is 7.43. The van der Waals surface area contributed by atoms with E-state index in [1.165, 1.54) is 17.1 Å². The number of rotatable bonds is 3. The highest BCUT2D eigenvalue weighted by Crippen LogP contribution is 2.31. The molecule has 2 aromatic rings. The Hall–Kier alpha value is -1.69. The topological polar surface area (TPSA) is 53.9 Å². The Morgan fingerprint density at radius 2 is 2.00 bits per heavy atom. The van der Waals surface area contributed by atoms with Crippen LogP contribution in [0.5, 0.6) is 0 Å². The standard InChI is InChI=1S/C18H25N5/c1-12(2)14-10-15(22-21-14)18-20-17(13-6-4-3-5-7-13)16-11-19-8-9-23(16)18/h3-7,12,14-15,19,21-22H,8-11H2,1-2H3. The van der Waals surface area contributed by atoms with Crippen LogP contribution >= 0.6 is 0 Å². The Labute approximate surface area is 137 Å². The molecular weight excluding hydrogens is 286 g/mol. The third-order valence-corrected chi connectivity index (χ3v) is 5.00. The molecule has 0 bridgehead atoms. The molecular formula is C18H25N5. The van der Waals surface area contributed by atoms with Gasteiger partial charge in [0.2, 0.25) is 0 Å². The summed E-state index contributed by atoms with van der Waals surface area (Å²) in [5.74, 6) is 1.80. The van der Waals surface area contributed by atoms with E-state index in [4.69, 9.17) is 4.98 Å². The average Bonchev–Trinajstić information content (AvgIpc) is 3.20. The summed E-state index contributed by atoms with van der Waals surface area (Å²) in [6, 6.07) is 11.3. The van der Waals surface area contributed by atoms with Gasteiger partial charge >= 0.3 is 0 Å². The van der Waals surface area contributed by atoms with Crippen molar-refractivity contribution in [1.29, 1.82) is 0 Å². The maximum absolute atomic E-state index is 5.06. The molecule has 5 nitrogen and oxygen atoms in total. The number of aromatic nitrogens is 2. The molecule has 4 rings (SSSR count). The summed E-state index contributed by atoms with van der Waals surface area (Å²) in [6.07, 6.45) is 1.09. The van der Waals surface area contributed by atoms with E-state index < -0.39 is 0 Å². The van der Waals surface area contributed by atoms with Crippen LogP contribution in [-0.2, 0) is 13.1 Å². The molecule has 2 atom stereocenters. The van der Waals surface area contributed by atoms with Crippen molar-refractivity contribution in [2.24, 2.45) is 5.92 Å². The minimum atomic E-state index is 0.289. The van der Waals surface area contributed by atoms with Crippen LogP contribution in [0, 0.1) is 5.92 Å². The predicted octanol–water partition coefficient (Wildman–Crippen LogP) is 2.22. The normalized spacial score (nSPS) is 24.1. The van der Waals surface area contributed by atoms with Gasteiger partial charge in [0.05, 0.1) is 17.4 Å². The summed E-state index contributed by atoms with van der Waals surface area (Å²) >= 11 is 0. The first kappa shape index (κ1) is 14.9. The van der Waals surface area contributed by atoms with Gasteiger partial charge in [-0.25, -0.2) is 10.4 Å². The minimum absolute atomic E-state index is 0.289. The molecule has 1 aromatic carbocycles. The van der Waals surface area contributed by atoms with Crippen LogP contribution < -0.4 is 16.2 Å². The third kappa shape index (κ3) is 2.69. The number of hydrazine groups is 1. The van der Waals surface area contributed by atoms with E-state index >= 15 is 0 Å². The largest absolute Gasteiger partial charge is 0.328 e. The van der Waals surface area contributed by atoms with E-state index in [0.717, 1.165) is 31.7 Å². The molecule has 1 saturated heterocycles. The van der Waals surface area contributed by atoms with Crippen molar-refractivity contribution in [3.8, 4) is 11.3 Å². The number of nitrogens with zero attached hydrogens (tertiary/aromatic N) is 2. The second-order valence-corrected chi connectivity index (χ2v) is 6.89. The molecule has 122 valence electrons. The fraction of sp³-hybridized carbons (Fsp3) is 0.500. The first-order valence-electron chi connectivity index (χ1n) is 8.60. The molecule has 0 spiro atoms. The fourth-order valence-electron chi connectivity index (χ4n) is 3.61. The summed E-state index contributed by atoms with van der Waals surface area (Å²) in [4.78, 5) is 5.06. The molecule has 2 aliphatic rings. The molecule has 1 fully saturated rings. The van der Waals surface area contributed by atoms with E-state index in [1.54, 1.807) is 0 Å². The van der Waals surface area contributed by atoms with Crippen molar-refractivity contribution >= 4 is 0 Å². The second-order valence-electron chi connectivity index (χ2n) is 6.89. The number of nitrogens with one attached hydrogen (secondary N) is 3. The molecule has 23 heavy (non-hydrogen) atoms. The minimum Gasteiger partial charge on any atom is -0.328 e. The van der Waals surface area contributed by atoms with E-state index in [-0.39, 0.29) is 6.04 Å². The van der Waals surface area contributed by atoms with E-state index in [9.17, 15) is 0 Å². The number of hydrogen-bond acceptors (Lipinski definition) is 4. The van der Waals surface area contributed by atoms with Gasteiger partial charge in [0.25, 0.3) is 0 Å². The number of fused-ring (bicyclic) bond motifs is 1. The first-order valence-corrected chi connectivity index (χ1v) is 8.60. The van der Waals surface area contributed by atoms with Crippen molar-refractivity contribution in [3.05, 3.63) is 41.9 Å². The van der Waals surface area contributed by atoms with Gasteiger partial charge in [-0.15, -0.1) is 0 Å². The fourth-order valence-corrected chi connectivity index (χ4v) is 3.61. The van der Waals surface area contributed by atoms with Crippen LogP contribution in [0.25, 0.3) is 11.3 Å². The van der Waals surface area contributed by atoms with Gasteiger partial charge < -0.3 is 9.88 Å². The van der Waals surface area contributed by atoms with Gasteiger partial charge in [-0.05, 0) is 12.3 Å². The molecule has 0 saturated carbocycles. The lowest BCUT2D eigenvalue weighted by atomic mass is 9.99. The maximum atomic E-state index is 5.06. The van der Waals surface area contributed by atoms with Crippen LogP contribution in [0.3, 0.4) is 0 Å². The third-order valence-electron chi connectivity index (χ3n) is 5.00. The lowest BCUT2D eigenvalue weighted by Crippen LogP contribution is -2.35. The van der Waals surface area contributed by atoms with Gasteiger partial charge in [-0.3, -0.25) is 5.43 Å². The Morgan fingerprint density at radius 1 is 1.17 bits per heavy atom. The van der Waals surface area contributed by atoms with Gasteiger partial charge in [-0.1, -0.05) is 44.2 Å². The van der Waals surface area contributed by atoms with Gasteiger partial charge in [0.1, 0.15) is 5.82 Å². The maximum Gasteiger partial charge on any atom is 0.128 e. The van der Waals surface area contributed by atoms with Gasteiger partial charge in [0, 0.05) is 31.2 Å². The SMILES string of the molecule is CC(C)C1CC(c2nc(-c3ccccc3)c3n2CCNC3)NN1. The van der Waals surface area contributed by atoms with Crippen molar-refractivity contribution in [3.63, 3.8) is 0 Å². The molecule has 2 aliphatic heterocycles. The molecule has 5 heteroatoms. The highest BCUT2D eigenvalue weighted by atomic mass is 15.4. The Morgan fingerprint density at radius 3 is 2.74 bits per heavy atom. The van der Waals surface area contributed by atoms with Crippen molar-refractivity contribution in [2.45, 2.75) is 45.4 Å². The van der Waals surface area contributed by atoms with E-state index in [2.05, 4.69) is 64.9 Å². The number of benzene rings is 1. The lowest BCUT2D eigenvalue weighted by molar-refractivity contribution is 0.431. The zero-order chi connectivity index (χ0) is 15.8. The number of imidazole rings is 1. The average molecular weight is 311 g/mol. The monoisotopic (exact) mass is 311 g/mol. The summed E-state index contributed by atoms with van der Waals surface area (Å²) in [7, 11) is 0. The molecule has 2 unspecified atom stereocenters. The van der Waals surface area contributed by atoms with Crippen molar-refractivity contribution in [2.75, 3.05) is 6.54 Å². The zero-order valence-electron chi connectivity index (χ0n) is 13.8. The highest BCUT2D eigenvalue weighted by molar-refractivity contribution is 5.62. The lowest BCUT2D eigenvalue weighted by Gasteiger charge is -2.20.